The fourth-order valence-electron chi connectivity index (χ4n) is 2.34. The van der Waals surface area contributed by atoms with Crippen LogP contribution in [0.15, 0.2) is 54.6 Å². The zero-order chi connectivity index (χ0) is 16.2. The van der Waals surface area contributed by atoms with Crippen LogP contribution in [-0.2, 0) is 15.0 Å². The lowest BCUT2D eigenvalue weighted by Crippen LogP contribution is -2.36. The molecule has 2 N–H and O–H groups in total. The van der Waals surface area contributed by atoms with E-state index < -0.39 is 11.4 Å². The molecule has 4 nitrogen and oxygen atoms in total. The minimum atomic E-state index is -1.26. The average molecular weight is 297 g/mol. The molecule has 0 spiro atoms. The van der Waals surface area contributed by atoms with Gasteiger partial charge in [-0.15, -0.1) is 0 Å². The Morgan fingerprint density at radius 1 is 1.05 bits per heavy atom. The Kier molecular flexibility index (Phi) is 4.61. The Balaban J connectivity index is 2.20. The van der Waals surface area contributed by atoms with E-state index in [1.807, 2.05) is 31.2 Å². The zero-order valence-electron chi connectivity index (χ0n) is 12.7. The largest absolute Gasteiger partial charge is 0.481 e. The second-order valence-electron chi connectivity index (χ2n) is 5.54. The van der Waals surface area contributed by atoms with Gasteiger partial charge in [-0.1, -0.05) is 48.5 Å². The van der Waals surface area contributed by atoms with Crippen molar-refractivity contribution in [1.29, 1.82) is 0 Å². The van der Waals surface area contributed by atoms with Crippen molar-refractivity contribution < 1.29 is 14.7 Å². The molecular weight excluding hydrogens is 278 g/mol. The fourth-order valence-corrected chi connectivity index (χ4v) is 2.34. The number of carboxylic acid groups (broad SMARTS) is 1. The standard InChI is InChI=1S/C18H19NO3/c1-13-8-6-7-11-15(13)19-16(20)12-18(2,17(21)22)14-9-4-3-5-10-14/h3-11H,12H2,1-2H3,(H,19,20)(H,21,22)/t18-/m1/s1. The molecule has 1 atom stereocenters. The smallest absolute Gasteiger partial charge is 0.314 e. The number of aryl methyl sites for hydroxylation is 1. The zero-order valence-corrected chi connectivity index (χ0v) is 12.7. The second kappa shape index (κ2) is 6.43. The number of rotatable bonds is 5. The number of benzene rings is 2. The highest BCUT2D eigenvalue weighted by Crippen LogP contribution is 2.28. The number of hydrogen-bond acceptors (Lipinski definition) is 2. The molecule has 0 aliphatic rings. The number of amides is 1. The number of para-hydroxylation sites is 1. The Labute approximate surface area is 129 Å². The van der Waals surface area contributed by atoms with Gasteiger partial charge in [-0.2, -0.15) is 0 Å². The van der Waals surface area contributed by atoms with E-state index in [-0.39, 0.29) is 12.3 Å². The number of nitrogens with one attached hydrogen (secondary N) is 1. The van der Waals surface area contributed by atoms with Crippen LogP contribution in [0.25, 0.3) is 0 Å². The van der Waals surface area contributed by atoms with E-state index in [1.165, 1.54) is 0 Å². The molecule has 22 heavy (non-hydrogen) atoms. The number of anilines is 1. The monoisotopic (exact) mass is 297 g/mol. The summed E-state index contributed by atoms with van der Waals surface area (Å²) in [6, 6.07) is 16.2. The molecule has 0 aliphatic heterocycles. The molecule has 0 saturated carbocycles. The number of carbonyl (C=O) groups excluding carboxylic acids is 1. The van der Waals surface area contributed by atoms with Gasteiger partial charge in [0.05, 0.1) is 5.41 Å². The molecule has 2 aromatic rings. The molecule has 114 valence electrons. The molecule has 0 bridgehead atoms. The highest BCUT2D eigenvalue weighted by molar-refractivity contribution is 5.96. The Morgan fingerprint density at radius 2 is 1.64 bits per heavy atom. The number of aliphatic carboxylic acids is 1. The molecule has 0 saturated heterocycles. The molecule has 2 rings (SSSR count). The van der Waals surface area contributed by atoms with Gasteiger partial charge in [0.15, 0.2) is 0 Å². The maximum absolute atomic E-state index is 12.3. The van der Waals surface area contributed by atoms with Gasteiger partial charge in [0.2, 0.25) is 5.91 Å². The Hall–Kier alpha value is -2.62. The van der Waals surface area contributed by atoms with Crippen molar-refractivity contribution in [3.05, 3.63) is 65.7 Å². The Morgan fingerprint density at radius 3 is 2.23 bits per heavy atom. The van der Waals surface area contributed by atoms with Crippen molar-refractivity contribution in [3.8, 4) is 0 Å². The first kappa shape index (κ1) is 15.8. The second-order valence-corrected chi connectivity index (χ2v) is 5.54. The molecule has 0 unspecified atom stereocenters. The quantitative estimate of drug-likeness (QED) is 0.889. The van der Waals surface area contributed by atoms with Gasteiger partial charge in [-0.3, -0.25) is 9.59 Å². The van der Waals surface area contributed by atoms with Crippen LogP contribution in [0.3, 0.4) is 0 Å². The molecule has 1 amide bonds. The molecule has 0 aliphatic carbocycles. The van der Waals surface area contributed by atoms with Gasteiger partial charge in [0.25, 0.3) is 0 Å². The topological polar surface area (TPSA) is 66.4 Å². The van der Waals surface area contributed by atoms with Crippen molar-refractivity contribution >= 4 is 17.6 Å². The van der Waals surface area contributed by atoms with E-state index in [0.717, 1.165) is 5.56 Å². The lowest BCUT2D eigenvalue weighted by atomic mass is 9.79. The summed E-state index contributed by atoms with van der Waals surface area (Å²) in [6.45, 7) is 3.46. The minimum absolute atomic E-state index is 0.124. The van der Waals surface area contributed by atoms with Gasteiger partial charge in [0.1, 0.15) is 0 Å². The van der Waals surface area contributed by atoms with Gasteiger partial charge < -0.3 is 10.4 Å². The first-order chi connectivity index (χ1) is 10.4. The predicted octanol–water partition coefficient (Wildman–Crippen LogP) is 3.37. The van der Waals surface area contributed by atoms with Crippen molar-refractivity contribution in [3.63, 3.8) is 0 Å². The van der Waals surface area contributed by atoms with Crippen molar-refractivity contribution in [1.82, 2.24) is 0 Å². The van der Waals surface area contributed by atoms with Crippen LogP contribution in [0.5, 0.6) is 0 Å². The molecule has 0 fully saturated rings. The third kappa shape index (κ3) is 3.34. The van der Waals surface area contributed by atoms with Gasteiger partial charge in [-0.05, 0) is 31.0 Å². The van der Waals surface area contributed by atoms with E-state index in [9.17, 15) is 14.7 Å². The summed E-state index contributed by atoms with van der Waals surface area (Å²) in [4.78, 5) is 24.0. The van der Waals surface area contributed by atoms with Crippen molar-refractivity contribution in [2.24, 2.45) is 0 Å². The summed E-state index contributed by atoms with van der Waals surface area (Å²) in [5.41, 5.74) is 0.997. The van der Waals surface area contributed by atoms with Crippen LogP contribution < -0.4 is 5.32 Å². The van der Waals surface area contributed by atoms with Crippen LogP contribution in [0.4, 0.5) is 5.69 Å². The van der Waals surface area contributed by atoms with Crippen LogP contribution in [0, 0.1) is 6.92 Å². The first-order valence-corrected chi connectivity index (χ1v) is 7.08. The Bertz CT molecular complexity index is 682. The molecular formula is C18H19NO3. The normalized spacial score (nSPS) is 13.2. The van der Waals surface area contributed by atoms with E-state index in [4.69, 9.17) is 0 Å². The summed E-state index contributed by atoms with van der Waals surface area (Å²) < 4.78 is 0. The van der Waals surface area contributed by atoms with Crippen LogP contribution in [0.2, 0.25) is 0 Å². The van der Waals surface area contributed by atoms with Gasteiger partial charge in [-0.25, -0.2) is 0 Å². The molecule has 0 heterocycles. The highest BCUT2D eigenvalue weighted by Gasteiger charge is 2.37. The molecule has 2 aromatic carbocycles. The van der Waals surface area contributed by atoms with Gasteiger partial charge >= 0.3 is 5.97 Å². The average Bonchev–Trinajstić information content (AvgIpc) is 2.50. The van der Waals surface area contributed by atoms with Gasteiger partial charge in [0, 0.05) is 12.1 Å². The summed E-state index contributed by atoms with van der Waals surface area (Å²) in [7, 11) is 0. The predicted molar refractivity (Wildman–Crippen MR) is 85.9 cm³/mol. The summed E-state index contributed by atoms with van der Waals surface area (Å²) in [5.74, 6) is -1.33. The summed E-state index contributed by atoms with van der Waals surface area (Å²) >= 11 is 0. The maximum Gasteiger partial charge on any atom is 0.314 e. The SMILES string of the molecule is Cc1ccccc1NC(=O)C[C@@](C)(C(=O)O)c1ccccc1. The minimum Gasteiger partial charge on any atom is -0.481 e. The van der Waals surface area contributed by atoms with E-state index in [2.05, 4.69) is 5.32 Å². The number of carboxylic acids is 1. The van der Waals surface area contributed by atoms with Crippen molar-refractivity contribution in [2.75, 3.05) is 5.32 Å². The van der Waals surface area contributed by atoms with E-state index in [1.54, 1.807) is 37.3 Å². The van der Waals surface area contributed by atoms with E-state index >= 15 is 0 Å². The van der Waals surface area contributed by atoms with Crippen LogP contribution >= 0.6 is 0 Å². The molecule has 0 aromatic heterocycles. The lowest BCUT2D eigenvalue weighted by molar-refractivity contribution is -0.145. The summed E-state index contributed by atoms with van der Waals surface area (Å²) in [6.07, 6.45) is -0.124. The van der Waals surface area contributed by atoms with Crippen LogP contribution in [-0.4, -0.2) is 17.0 Å². The highest BCUT2D eigenvalue weighted by atomic mass is 16.4. The molecule has 4 heteroatoms. The lowest BCUT2D eigenvalue weighted by Gasteiger charge is -2.25. The third-order valence-corrected chi connectivity index (χ3v) is 3.82. The maximum atomic E-state index is 12.3. The summed E-state index contributed by atoms with van der Waals surface area (Å²) in [5, 5.41) is 12.4. The van der Waals surface area contributed by atoms with Crippen LogP contribution in [0.1, 0.15) is 24.5 Å². The first-order valence-electron chi connectivity index (χ1n) is 7.08. The molecule has 0 radical (unpaired) electrons. The number of carbonyl (C=O) groups is 2. The van der Waals surface area contributed by atoms with Crippen molar-refractivity contribution in [2.45, 2.75) is 25.7 Å². The van der Waals surface area contributed by atoms with E-state index in [0.29, 0.717) is 11.3 Å². The third-order valence-electron chi connectivity index (χ3n) is 3.82. The fraction of sp³-hybridized carbons (Fsp3) is 0.222. The number of hydrogen-bond donors (Lipinski definition) is 2.